The van der Waals surface area contributed by atoms with E-state index in [1.807, 2.05) is 6.92 Å². The molecule has 0 radical (unpaired) electrons. The second kappa shape index (κ2) is 4.42. The Labute approximate surface area is 72.2 Å². The number of aliphatic carboxylic acids is 1. The lowest BCUT2D eigenvalue weighted by Gasteiger charge is -2.22. The van der Waals surface area contributed by atoms with Gasteiger partial charge in [-0.2, -0.15) is 0 Å². The van der Waals surface area contributed by atoms with Gasteiger partial charge < -0.3 is 14.9 Å². The molecule has 2 atom stereocenters. The average Bonchev–Trinajstić information content (AvgIpc) is 2.00. The molecule has 0 aliphatic heterocycles. The lowest BCUT2D eigenvalue weighted by molar-refractivity contribution is -0.153. The van der Waals surface area contributed by atoms with E-state index in [1.165, 1.54) is 6.92 Å². The largest absolute Gasteiger partial charge is 0.479 e. The van der Waals surface area contributed by atoms with Gasteiger partial charge in [-0.15, -0.1) is 0 Å². The molecule has 0 aliphatic rings. The van der Waals surface area contributed by atoms with Crippen LogP contribution in [0.2, 0.25) is 0 Å². The molecule has 72 valence electrons. The summed E-state index contributed by atoms with van der Waals surface area (Å²) in [5.74, 6) is -1.01. The predicted octanol–water partition coefficient (Wildman–Crippen LogP) is 0.637. The fourth-order valence-electron chi connectivity index (χ4n) is 0.478. The third kappa shape index (κ3) is 4.31. The first-order valence-corrected chi connectivity index (χ1v) is 3.96. The number of carboxylic acid groups (broad SMARTS) is 1. The second-order valence-corrected chi connectivity index (χ2v) is 3.14. The highest BCUT2D eigenvalue weighted by Gasteiger charge is 2.21. The molecule has 0 saturated carbocycles. The Hall–Kier alpha value is -0.610. The highest BCUT2D eigenvalue weighted by Crippen LogP contribution is 2.09. The molecule has 0 amide bonds. The lowest BCUT2D eigenvalue weighted by atomic mass is 10.1. The fraction of sp³-hybridized carbons (Fsp3) is 0.875. The van der Waals surface area contributed by atoms with Crippen molar-refractivity contribution in [3.8, 4) is 0 Å². The molecule has 0 aromatic carbocycles. The van der Waals surface area contributed by atoms with Crippen molar-refractivity contribution in [2.24, 2.45) is 0 Å². The van der Waals surface area contributed by atoms with Gasteiger partial charge in [0.1, 0.15) is 0 Å². The maximum atomic E-state index is 10.3. The van der Waals surface area contributed by atoms with E-state index in [2.05, 4.69) is 0 Å². The number of carbonyl (C=O) groups is 1. The molecule has 4 heteroatoms. The van der Waals surface area contributed by atoms with Gasteiger partial charge in [0, 0.05) is 0 Å². The molecule has 0 fully saturated rings. The van der Waals surface area contributed by atoms with E-state index in [0.717, 1.165) is 0 Å². The molecule has 0 saturated heterocycles. The maximum absolute atomic E-state index is 10.3. The van der Waals surface area contributed by atoms with Crippen LogP contribution in [0.25, 0.3) is 0 Å². The van der Waals surface area contributed by atoms with Crippen molar-refractivity contribution >= 4 is 5.97 Å². The Morgan fingerprint density at radius 2 is 2.17 bits per heavy atom. The van der Waals surface area contributed by atoms with Crippen LogP contribution in [0.15, 0.2) is 0 Å². The summed E-state index contributed by atoms with van der Waals surface area (Å²) in [5, 5.41) is 17.9. The molecule has 2 N–H and O–H groups in total. The number of carboxylic acids is 1. The molecule has 1 unspecified atom stereocenters. The summed E-state index contributed by atoms with van der Waals surface area (Å²) in [5.41, 5.74) is -0.927. The molecular weight excluding hydrogens is 160 g/mol. The van der Waals surface area contributed by atoms with Gasteiger partial charge in [-0.05, 0) is 20.3 Å². The minimum Gasteiger partial charge on any atom is -0.479 e. The van der Waals surface area contributed by atoms with E-state index in [-0.39, 0.29) is 6.61 Å². The van der Waals surface area contributed by atoms with Gasteiger partial charge in [-0.3, -0.25) is 0 Å². The van der Waals surface area contributed by atoms with Crippen LogP contribution in [-0.2, 0) is 9.53 Å². The molecular formula is C8H16O4. The van der Waals surface area contributed by atoms with Crippen LogP contribution in [0, 0.1) is 0 Å². The van der Waals surface area contributed by atoms with Crippen LogP contribution in [0.3, 0.4) is 0 Å². The smallest absolute Gasteiger partial charge is 0.332 e. The predicted molar refractivity (Wildman–Crippen MR) is 44.0 cm³/mol. The summed E-state index contributed by atoms with van der Waals surface area (Å²) in [6.07, 6.45) is -0.317. The lowest BCUT2D eigenvalue weighted by Crippen LogP contribution is -2.33. The van der Waals surface area contributed by atoms with E-state index < -0.39 is 17.7 Å². The van der Waals surface area contributed by atoms with Crippen LogP contribution in [0.4, 0.5) is 0 Å². The summed E-state index contributed by atoms with van der Waals surface area (Å²) in [6.45, 7) is 4.92. The molecule has 12 heavy (non-hydrogen) atoms. The Morgan fingerprint density at radius 3 is 2.50 bits per heavy atom. The van der Waals surface area contributed by atoms with E-state index in [9.17, 15) is 9.90 Å². The van der Waals surface area contributed by atoms with Gasteiger partial charge in [-0.25, -0.2) is 4.79 Å². The van der Waals surface area contributed by atoms with Crippen molar-refractivity contribution in [3.05, 3.63) is 0 Å². The van der Waals surface area contributed by atoms with Crippen LogP contribution >= 0.6 is 0 Å². The van der Waals surface area contributed by atoms with Crippen molar-refractivity contribution in [1.29, 1.82) is 0 Å². The summed E-state index contributed by atoms with van der Waals surface area (Å²) < 4.78 is 4.91. The monoisotopic (exact) mass is 176 g/mol. The molecule has 0 rings (SSSR count). The van der Waals surface area contributed by atoms with Crippen molar-refractivity contribution in [2.75, 3.05) is 6.61 Å². The van der Waals surface area contributed by atoms with Crippen LogP contribution in [-0.4, -0.2) is 34.5 Å². The molecule has 0 aliphatic carbocycles. The first kappa shape index (κ1) is 11.4. The molecule has 0 bridgehead atoms. The summed E-state index contributed by atoms with van der Waals surface area (Å²) in [7, 11) is 0. The molecule has 0 aromatic heterocycles. The van der Waals surface area contributed by atoms with Gasteiger partial charge in [0.15, 0.2) is 6.10 Å². The third-order valence-corrected chi connectivity index (χ3v) is 1.75. The highest BCUT2D eigenvalue weighted by atomic mass is 16.5. The standard InChI is InChI=1S/C8H16O4/c1-4-8(3,11)5-12-6(2)7(9)10/h6,11H,4-5H2,1-3H3,(H,9,10)/t6-,8?/m1/s1. The summed E-state index contributed by atoms with van der Waals surface area (Å²) in [4.78, 5) is 10.3. The summed E-state index contributed by atoms with van der Waals surface area (Å²) in [6, 6.07) is 0. The fourth-order valence-corrected chi connectivity index (χ4v) is 0.478. The minimum atomic E-state index is -1.01. The third-order valence-electron chi connectivity index (χ3n) is 1.75. The quantitative estimate of drug-likeness (QED) is 0.645. The Balaban J connectivity index is 3.75. The minimum absolute atomic E-state index is 0.0525. The number of aliphatic hydroxyl groups is 1. The number of ether oxygens (including phenoxy) is 1. The van der Waals surface area contributed by atoms with E-state index in [1.54, 1.807) is 6.92 Å². The molecule has 0 spiro atoms. The second-order valence-electron chi connectivity index (χ2n) is 3.14. The van der Waals surface area contributed by atoms with Crippen molar-refractivity contribution in [1.82, 2.24) is 0 Å². The maximum Gasteiger partial charge on any atom is 0.332 e. The Kier molecular flexibility index (Phi) is 4.20. The van der Waals surface area contributed by atoms with E-state index in [4.69, 9.17) is 9.84 Å². The molecule has 4 nitrogen and oxygen atoms in total. The SMILES string of the molecule is CCC(C)(O)CO[C@H](C)C(=O)O. The van der Waals surface area contributed by atoms with Gasteiger partial charge in [0.05, 0.1) is 12.2 Å². The number of hydrogen-bond acceptors (Lipinski definition) is 3. The van der Waals surface area contributed by atoms with Crippen molar-refractivity contribution < 1.29 is 19.7 Å². The van der Waals surface area contributed by atoms with E-state index >= 15 is 0 Å². The number of hydrogen-bond donors (Lipinski definition) is 2. The summed E-state index contributed by atoms with van der Waals surface area (Å²) >= 11 is 0. The highest BCUT2D eigenvalue weighted by molar-refractivity contribution is 5.71. The Bertz CT molecular complexity index is 153. The first-order valence-electron chi connectivity index (χ1n) is 3.96. The normalized spacial score (nSPS) is 18.3. The van der Waals surface area contributed by atoms with Gasteiger partial charge >= 0.3 is 5.97 Å². The van der Waals surface area contributed by atoms with E-state index in [0.29, 0.717) is 6.42 Å². The molecule has 0 heterocycles. The molecule has 0 aromatic rings. The average molecular weight is 176 g/mol. The van der Waals surface area contributed by atoms with Crippen LogP contribution in [0.1, 0.15) is 27.2 Å². The number of rotatable bonds is 5. The van der Waals surface area contributed by atoms with Crippen molar-refractivity contribution in [3.63, 3.8) is 0 Å². The van der Waals surface area contributed by atoms with Gasteiger partial charge in [0.25, 0.3) is 0 Å². The Morgan fingerprint density at radius 1 is 1.67 bits per heavy atom. The van der Waals surface area contributed by atoms with Crippen molar-refractivity contribution in [2.45, 2.75) is 38.9 Å². The first-order chi connectivity index (χ1) is 5.39. The van der Waals surface area contributed by atoms with Gasteiger partial charge in [-0.1, -0.05) is 6.92 Å². The van der Waals surface area contributed by atoms with Crippen LogP contribution < -0.4 is 0 Å². The van der Waals surface area contributed by atoms with Crippen LogP contribution in [0.5, 0.6) is 0 Å². The van der Waals surface area contributed by atoms with Gasteiger partial charge in [0.2, 0.25) is 0 Å². The topological polar surface area (TPSA) is 66.8 Å². The zero-order chi connectivity index (χ0) is 9.78. The zero-order valence-electron chi connectivity index (χ0n) is 7.70. The zero-order valence-corrected chi connectivity index (χ0v) is 7.70.